The summed E-state index contributed by atoms with van der Waals surface area (Å²) in [5.74, 6) is 1.03. The van der Waals surface area contributed by atoms with Crippen molar-refractivity contribution in [2.45, 2.75) is 12.5 Å². The molecule has 0 N–H and O–H groups in total. The molecule has 14 heavy (non-hydrogen) atoms. The van der Waals surface area contributed by atoms with Crippen molar-refractivity contribution < 1.29 is 4.84 Å². The lowest BCUT2D eigenvalue weighted by Crippen LogP contribution is -2.11. The second-order valence-corrected chi connectivity index (χ2v) is 4.07. The van der Waals surface area contributed by atoms with Crippen LogP contribution < -0.4 is 0 Å². The van der Waals surface area contributed by atoms with Gasteiger partial charge in [0.15, 0.2) is 5.82 Å². The maximum atomic E-state index is 5.64. The normalized spacial score (nSPS) is 20.4. The zero-order valence-electron chi connectivity index (χ0n) is 7.15. The molecule has 1 unspecified atom stereocenters. The lowest BCUT2D eigenvalue weighted by atomic mass is 10.2. The van der Waals surface area contributed by atoms with Crippen molar-refractivity contribution in [2.75, 3.05) is 5.88 Å². The van der Waals surface area contributed by atoms with Gasteiger partial charge in [-0.15, -0.1) is 11.6 Å². The van der Waals surface area contributed by atoms with Crippen molar-refractivity contribution in [1.29, 1.82) is 0 Å². The number of hydrogen-bond acceptors (Lipinski definition) is 4. The molecule has 0 saturated carbocycles. The molecule has 0 radical (unpaired) electrons. The molecule has 0 amide bonds. The third-order valence-corrected chi connectivity index (χ3v) is 2.54. The lowest BCUT2D eigenvalue weighted by Gasteiger charge is -2.00. The van der Waals surface area contributed by atoms with E-state index in [4.69, 9.17) is 16.4 Å². The monoisotopic (exact) mass is 275 g/mol. The van der Waals surface area contributed by atoms with Crippen LogP contribution in [0.3, 0.4) is 0 Å². The fourth-order valence-electron chi connectivity index (χ4n) is 1.10. The molecule has 0 spiro atoms. The van der Waals surface area contributed by atoms with Gasteiger partial charge in [-0.05, 0) is 15.9 Å². The number of halogens is 2. The Morgan fingerprint density at radius 1 is 1.50 bits per heavy atom. The minimum atomic E-state index is -0.0427. The molecule has 6 heteroatoms. The summed E-state index contributed by atoms with van der Waals surface area (Å²) < 4.78 is 0.842. The fourth-order valence-corrected chi connectivity index (χ4v) is 1.47. The Kier molecular flexibility index (Phi) is 2.98. The number of oxime groups is 1. The first kappa shape index (κ1) is 9.86. The van der Waals surface area contributed by atoms with Gasteiger partial charge in [0.05, 0.1) is 10.4 Å². The van der Waals surface area contributed by atoms with E-state index >= 15 is 0 Å². The Balaban J connectivity index is 2.13. The Morgan fingerprint density at radius 2 is 2.21 bits per heavy atom. The van der Waals surface area contributed by atoms with Crippen molar-refractivity contribution in [3.63, 3.8) is 0 Å². The van der Waals surface area contributed by atoms with Gasteiger partial charge in [0, 0.05) is 18.8 Å². The summed E-state index contributed by atoms with van der Waals surface area (Å²) in [5.41, 5.74) is 0.753. The van der Waals surface area contributed by atoms with Gasteiger partial charge in [-0.25, -0.2) is 9.97 Å². The molecule has 0 aromatic carbocycles. The van der Waals surface area contributed by atoms with E-state index in [2.05, 4.69) is 31.1 Å². The summed E-state index contributed by atoms with van der Waals surface area (Å²) in [4.78, 5) is 13.3. The highest BCUT2D eigenvalue weighted by Crippen LogP contribution is 2.15. The van der Waals surface area contributed by atoms with E-state index in [1.54, 1.807) is 12.4 Å². The van der Waals surface area contributed by atoms with Crippen molar-refractivity contribution in [3.05, 3.63) is 22.7 Å². The van der Waals surface area contributed by atoms with Crippen LogP contribution in [0, 0.1) is 0 Å². The van der Waals surface area contributed by atoms with Gasteiger partial charge < -0.3 is 4.84 Å². The first-order valence-corrected chi connectivity index (χ1v) is 5.39. The van der Waals surface area contributed by atoms with E-state index in [-0.39, 0.29) is 6.10 Å². The van der Waals surface area contributed by atoms with Gasteiger partial charge in [-0.3, -0.25) is 0 Å². The summed E-state index contributed by atoms with van der Waals surface area (Å²) in [7, 11) is 0. The van der Waals surface area contributed by atoms with E-state index in [9.17, 15) is 0 Å². The summed E-state index contributed by atoms with van der Waals surface area (Å²) in [6.07, 6.45) is 3.99. The minimum Gasteiger partial charge on any atom is -0.390 e. The molecule has 4 nitrogen and oxygen atoms in total. The second-order valence-electron chi connectivity index (χ2n) is 2.85. The molecule has 2 heterocycles. The largest absolute Gasteiger partial charge is 0.390 e. The summed E-state index contributed by atoms with van der Waals surface area (Å²) in [5, 5.41) is 3.88. The highest BCUT2D eigenvalue weighted by Gasteiger charge is 2.22. The van der Waals surface area contributed by atoms with Crippen molar-refractivity contribution in [2.24, 2.45) is 5.16 Å². The summed E-state index contributed by atoms with van der Waals surface area (Å²) in [6, 6.07) is 0. The van der Waals surface area contributed by atoms with Crippen LogP contribution in [0.2, 0.25) is 0 Å². The number of alkyl halides is 1. The van der Waals surface area contributed by atoms with E-state index in [0.717, 1.165) is 10.2 Å². The van der Waals surface area contributed by atoms with Gasteiger partial charge in [0.25, 0.3) is 0 Å². The van der Waals surface area contributed by atoms with Gasteiger partial charge in [-0.1, -0.05) is 5.16 Å². The Hall–Kier alpha value is -0.680. The molecule has 1 atom stereocenters. The summed E-state index contributed by atoms with van der Waals surface area (Å²) >= 11 is 8.90. The van der Waals surface area contributed by atoms with E-state index in [1.807, 2.05) is 0 Å². The van der Waals surface area contributed by atoms with Crippen LogP contribution in [0.1, 0.15) is 12.2 Å². The molecular formula is C8H7BrClN3O. The third kappa shape index (κ3) is 2.04. The van der Waals surface area contributed by atoms with Crippen molar-refractivity contribution in [1.82, 2.24) is 9.97 Å². The Bertz CT molecular complexity index is 354. The van der Waals surface area contributed by atoms with Crippen molar-refractivity contribution >= 4 is 33.2 Å². The number of rotatable bonds is 2. The second kappa shape index (κ2) is 4.23. The molecule has 1 aliphatic rings. The van der Waals surface area contributed by atoms with Gasteiger partial charge >= 0.3 is 0 Å². The van der Waals surface area contributed by atoms with Crippen LogP contribution in [0.25, 0.3) is 0 Å². The topological polar surface area (TPSA) is 47.4 Å². The maximum Gasteiger partial charge on any atom is 0.177 e. The molecule has 0 bridgehead atoms. The zero-order chi connectivity index (χ0) is 9.97. The lowest BCUT2D eigenvalue weighted by molar-refractivity contribution is 0.102. The Morgan fingerprint density at radius 3 is 2.79 bits per heavy atom. The van der Waals surface area contributed by atoms with Gasteiger partial charge in [0.1, 0.15) is 11.8 Å². The SMILES string of the molecule is ClCC1CC(c2ncc(Br)cn2)=NO1. The van der Waals surface area contributed by atoms with Crippen LogP contribution in [-0.4, -0.2) is 27.7 Å². The average Bonchev–Trinajstić information content (AvgIpc) is 2.67. The smallest absolute Gasteiger partial charge is 0.177 e. The molecular weight excluding hydrogens is 269 g/mol. The zero-order valence-corrected chi connectivity index (χ0v) is 9.49. The number of nitrogens with zero attached hydrogens (tertiary/aromatic N) is 3. The van der Waals surface area contributed by atoms with Gasteiger partial charge in [0.2, 0.25) is 0 Å². The molecule has 2 rings (SSSR count). The standard InChI is InChI=1S/C8H7BrClN3O/c9-5-3-11-8(12-4-5)7-1-6(2-10)14-13-7/h3-4,6H,1-2H2. The Labute approximate surface area is 94.5 Å². The van der Waals surface area contributed by atoms with Crippen molar-refractivity contribution in [3.8, 4) is 0 Å². The minimum absolute atomic E-state index is 0.0427. The van der Waals surface area contributed by atoms with Crippen LogP contribution >= 0.6 is 27.5 Å². The number of hydrogen-bond donors (Lipinski definition) is 0. The first-order chi connectivity index (χ1) is 6.79. The maximum absolute atomic E-state index is 5.64. The number of aromatic nitrogens is 2. The molecule has 0 saturated heterocycles. The van der Waals surface area contributed by atoms with E-state index < -0.39 is 0 Å². The predicted octanol–water partition coefficient (Wildman–Crippen LogP) is 1.97. The molecule has 1 aliphatic heterocycles. The van der Waals surface area contributed by atoms with E-state index in [1.165, 1.54) is 0 Å². The van der Waals surface area contributed by atoms with Gasteiger partial charge in [-0.2, -0.15) is 0 Å². The molecule has 74 valence electrons. The molecule has 0 fully saturated rings. The molecule has 0 aliphatic carbocycles. The first-order valence-electron chi connectivity index (χ1n) is 4.06. The van der Waals surface area contributed by atoms with E-state index in [0.29, 0.717) is 18.1 Å². The third-order valence-electron chi connectivity index (χ3n) is 1.78. The molecule has 1 aromatic rings. The fraction of sp³-hybridized carbons (Fsp3) is 0.375. The van der Waals surface area contributed by atoms with Crippen LogP contribution in [0.5, 0.6) is 0 Å². The van der Waals surface area contributed by atoms with Crippen LogP contribution in [0.15, 0.2) is 22.0 Å². The van der Waals surface area contributed by atoms with Crippen LogP contribution in [-0.2, 0) is 4.84 Å². The van der Waals surface area contributed by atoms with Crippen LogP contribution in [0.4, 0.5) is 0 Å². The highest BCUT2D eigenvalue weighted by atomic mass is 79.9. The average molecular weight is 277 g/mol. The summed E-state index contributed by atoms with van der Waals surface area (Å²) in [6.45, 7) is 0. The predicted molar refractivity (Wildman–Crippen MR) is 56.5 cm³/mol. The molecule has 1 aromatic heterocycles. The highest BCUT2D eigenvalue weighted by molar-refractivity contribution is 9.10. The quantitative estimate of drug-likeness (QED) is 0.776.